The van der Waals surface area contributed by atoms with Crippen molar-refractivity contribution >= 4 is 45.6 Å². The van der Waals surface area contributed by atoms with E-state index in [1.54, 1.807) is 0 Å². The van der Waals surface area contributed by atoms with Gasteiger partial charge < -0.3 is 17.7 Å². The molecule has 2 aliphatic carbocycles. The molecule has 0 amide bonds. The molecule has 574 valence electrons. The molecule has 1 unspecified atom stereocenters. The largest absolute Gasteiger partial charge is 0.437 e. The zero-order chi connectivity index (χ0) is 80.9. The average Bonchev–Trinajstić information content (AvgIpc) is 0.949. The van der Waals surface area contributed by atoms with Crippen LogP contribution < -0.4 is 0 Å². The molecule has 4 heterocycles. The molecule has 13 nitrogen and oxygen atoms in total. The first-order valence-corrected chi connectivity index (χ1v) is 38.9. The molecule has 1 atom stereocenters. The number of nitrogens with zero attached hydrogens (tertiary/aromatic N) is 7. The van der Waals surface area contributed by atoms with E-state index in [-0.39, 0.29) is 44.6 Å². The van der Waals surface area contributed by atoms with E-state index in [2.05, 4.69) is 261 Å². The van der Waals surface area contributed by atoms with Gasteiger partial charge in [0.05, 0.1) is 0 Å². The number of rotatable bonds is 10. The van der Waals surface area contributed by atoms with Gasteiger partial charge in [0.15, 0.2) is 17.1 Å². The summed E-state index contributed by atoms with van der Waals surface area (Å²) in [7, 11) is 0. The van der Waals surface area contributed by atoms with E-state index in [1.807, 2.05) is 166 Å². The van der Waals surface area contributed by atoms with Gasteiger partial charge in [-0.15, -0.1) is 30.6 Å². The lowest BCUT2D eigenvalue weighted by Crippen LogP contribution is -2.36. The minimum Gasteiger partial charge on any atom is -0.437 e. The summed E-state index contributed by atoms with van der Waals surface area (Å²) < 4.78 is 23.7. The summed E-state index contributed by atoms with van der Waals surface area (Å²) in [5.74, 6) is 4.06. The molecular weight excluding hydrogens is 1410 g/mol. The number of allylic oxidation sites excluding steroid dienone is 8. The summed E-state index contributed by atoms with van der Waals surface area (Å²) in [6.45, 7) is 36.2. The van der Waals surface area contributed by atoms with Gasteiger partial charge in [0.25, 0.3) is 0 Å². The van der Waals surface area contributed by atoms with E-state index in [0.717, 1.165) is 101 Å². The van der Waals surface area contributed by atoms with Crippen molar-refractivity contribution in [3.8, 4) is 91.0 Å². The van der Waals surface area contributed by atoms with Crippen molar-refractivity contribution in [1.82, 2.24) is 35.6 Å². The summed E-state index contributed by atoms with van der Waals surface area (Å²) in [4.78, 5) is 29.7. The maximum absolute atomic E-state index is 13.1. The third-order valence-corrected chi connectivity index (χ3v) is 20.6. The van der Waals surface area contributed by atoms with Crippen LogP contribution in [0.25, 0.3) is 125 Å². The van der Waals surface area contributed by atoms with Crippen LogP contribution in [0, 0.1) is 16.7 Å². The number of carbonyl (C=O) groups is 2. The van der Waals surface area contributed by atoms with Gasteiger partial charge in [-0.25, -0.2) is 4.98 Å². The van der Waals surface area contributed by atoms with Crippen LogP contribution in [0.15, 0.2) is 306 Å². The smallest absolute Gasteiger partial charge is 0.248 e. The Balaban J connectivity index is 0.000000138. The Bertz CT molecular complexity index is 5730. The van der Waals surface area contributed by atoms with Crippen molar-refractivity contribution in [3.63, 3.8) is 0 Å². The van der Waals surface area contributed by atoms with Gasteiger partial charge in [0.2, 0.25) is 41.2 Å². The normalized spacial score (nSPS) is 14.2. The molecule has 0 aliphatic heterocycles. The predicted octanol–water partition coefficient (Wildman–Crippen LogP) is 26.3. The highest BCUT2D eigenvalue weighted by Crippen LogP contribution is 2.45. The number of Topliss-reactive ketones (excluding diaryl/α,β-unsaturated/α-hetero) is 2. The topological polar surface area (TPSA) is 177 Å². The van der Waals surface area contributed by atoms with Crippen LogP contribution in [0.5, 0.6) is 0 Å². The van der Waals surface area contributed by atoms with Gasteiger partial charge >= 0.3 is 0 Å². The fourth-order valence-electron chi connectivity index (χ4n) is 13.7. The molecule has 114 heavy (non-hydrogen) atoms. The Morgan fingerprint density at radius 1 is 0.342 bits per heavy atom. The van der Waals surface area contributed by atoms with Gasteiger partial charge in [-0.2, -0.15) is 0 Å². The molecule has 0 N–H and O–H groups in total. The average molecular weight is 1510 g/mol. The third kappa shape index (κ3) is 18.9. The van der Waals surface area contributed by atoms with E-state index in [4.69, 9.17) is 17.7 Å². The van der Waals surface area contributed by atoms with Gasteiger partial charge in [-0.1, -0.05) is 274 Å². The molecule has 0 saturated heterocycles. The van der Waals surface area contributed by atoms with E-state index in [0.29, 0.717) is 41.2 Å². The van der Waals surface area contributed by atoms with Crippen LogP contribution in [-0.4, -0.2) is 47.1 Å². The maximum Gasteiger partial charge on any atom is 0.248 e. The predicted molar refractivity (Wildman–Crippen MR) is 463 cm³/mol. The minimum absolute atomic E-state index is 0.0285. The molecule has 14 aromatic rings. The van der Waals surface area contributed by atoms with Crippen LogP contribution in [0.2, 0.25) is 0 Å². The Morgan fingerprint density at radius 2 is 0.684 bits per heavy atom. The number of fused-ring (bicyclic) bond motifs is 3. The highest BCUT2D eigenvalue weighted by atomic mass is 16.4. The molecule has 2 aliphatic rings. The lowest BCUT2D eigenvalue weighted by Gasteiger charge is -2.37. The third-order valence-electron chi connectivity index (χ3n) is 20.6. The Labute approximate surface area is 669 Å². The zero-order valence-corrected chi connectivity index (χ0v) is 68.3. The lowest BCUT2D eigenvalue weighted by atomic mass is 9.65. The van der Waals surface area contributed by atoms with Crippen LogP contribution in [0.3, 0.4) is 0 Å². The van der Waals surface area contributed by atoms with E-state index >= 15 is 0 Å². The van der Waals surface area contributed by atoms with Crippen LogP contribution >= 0.6 is 0 Å². The fourth-order valence-corrected chi connectivity index (χ4v) is 13.7. The van der Waals surface area contributed by atoms with Gasteiger partial charge in [-0.05, 0) is 217 Å². The van der Waals surface area contributed by atoms with Crippen molar-refractivity contribution in [2.24, 2.45) is 16.7 Å². The van der Waals surface area contributed by atoms with Gasteiger partial charge in [0, 0.05) is 56.3 Å². The standard InChI is InChI=1S/C36H34N4O2.C24H22N2O.C22H30O2.C19H13NO/c1-35(2,3)29-19-15-27(16-20-29)33-39-37-31(41-33)25-11-7-23(8-12-25)24-9-13-26(14-10-24)32-38-40-34(42-32)28-17-21-30(22-18-28)36(4,5)6;1-24(2,3)21-15-13-20(14-16-21)23-26-25-22(27-23)19-11-9-18(10-12-19)17-7-5-4-6-8-17;1-13-9-15(10-14(2)19(13)23)16-11-17(21(3,4)5)20(24)18(12-16)22(6,7)8;1-2-6-14(7-3-1)10-13-18-20-19-16-9-5-4-8-15(16)11-12-17(19)21-18/h7-22H,1-6H3;4-16H,1-3H3;9-11,18H,12H2,1-8H3;1-13H. The van der Waals surface area contributed by atoms with Crippen molar-refractivity contribution in [3.05, 3.63) is 317 Å². The number of oxazole rings is 1. The first-order chi connectivity index (χ1) is 54.3. The molecule has 13 heteroatoms. The Hall–Kier alpha value is -12.6. The van der Waals surface area contributed by atoms with Crippen LogP contribution in [0.1, 0.15) is 152 Å². The molecular formula is C101H99N7O6. The number of hydrogen-bond donors (Lipinski definition) is 0. The molecule has 0 radical (unpaired) electrons. The first kappa shape index (κ1) is 79.5. The Kier molecular flexibility index (Phi) is 23.0. The SMILES string of the molecule is C(=Cc1nc2c(ccc3ccccc32)o1)c1ccccc1.CC(C)(C)c1ccc(-c2nnc(-c3ccc(-c4ccc(-c5nnc(-c6ccc(C(C)(C)C)cc6)o5)cc4)cc3)o2)cc1.CC(C)(C)c1ccc(-c2nnc(-c3ccc(-c4ccccc4)cc3)o2)cc1.CC1=CC(=C2C=C(C(C)(C)C)C(=O)C(C(C)(C)C)C2)C=C(C)C1=O. The molecule has 0 bridgehead atoms. The second kappa shape index (κ2) is 33.0. The zero-order valence-electron chi connectivity index (χ0n) is 68.3. The summed E-state index contributed by atoms with van der Waals surface area (Å²) >= 11 is 0. The quantitative estimate of drug-likeness (QED) is 0.126. The second-order valence-electron chi connectivity index (χ2n) is 34.5. The number of ketones is 2. The van der Waals surface area contributed by atoms with E-state index in [1.165, 1.54) is 33.2 Å². The van der Waals surface area contributed by atoms with Crippen molar-refractivity contribution in [1.29, 1.82) is 0 Å². The van der Waals surface area contributed by atoms with Crippen molar-refractivity contribution in [2.75, 3.05) is 0 Å². The molecule has 10 aromatic carbocycles. The number of hydrogen-bond acceptors (Lipinski definition) is 13. The summed E-state index contributed by atoms with van der Waals surface area (Å²) in [5.41, 5.74) is 21.3. The minimum atomic E-state index is -0.186. The molecule has 4 aromatic heterocycles. The highest BCUT2D eigenvalue weighted by molar-refractivity contribution is 6.10. The molecule has 0 spiro atoms. The monoisotopic (exact) mass is 1510 g/mol. The van der Waals surface area contributed by atoms with E-state index < -0.39 is 0 Å². The molecule has 16 rings (SSSR count). The number of aromatic nitrogens is 7. The first-order valence-electron chi connectivity index (χ1n) is 38.9. The summed E-state index contributed by atoms with van der Waals surface area (Å²) in [5, 5.41) is 27.8. The lowest BCUT2D eigenvalue weighted by molar-refractivity contribution is -0.123. The van der Waals surface area contributed by atoms with Crippen molar-refractivity contribution in [2.45, 2.75) is 140 Å². The van der Waals surface area contributed by atoms with Crippen molar-refractivity contribution < 1.29 is 27.3 Å². The summed E-state index contributed by atoms with van der Waals surface area (Å²) in [6, 6.07) is 82.0. The maximum atomic E-state index is 13.1. The van der Waals surface area contributed by atoms with Crippen LogP contribution in [-0.2, 0) is 25.8 Å². The van der Waals surface area contributed by atoms with Gasteiger partial charge in [0.1, 0.15) is 5.52 Å². The number of benzene rings is 10. The Morgan fingerprint density at radius 3 is 1.05 bits per heavy atom. The molecule has 0 fully saturated rings. The second-order valence-corrected chi connectivity index (χ2v) is 34.5. The van der Waals surface area contributed by atoms with E-state index in [9.17, 15) is 9.59 Å². The summed E-state index contributed by atoms with van der Waals surface area (Å²) in [6.07, 6.45) is 10.7. The van der Waals surface area contributed by atoms with Gasteiger partial charge in [-0.3, -0.25) is 9.59 Å². The molecule has 0 saturated carbocycles. The van der Waals surface area contributed by atoms with Crippen LogP contribution in [0.4, 0.5) is 0 Å². The number of carbonyl (C=O) groups excluding carboxylic acids is 2. The highest BCUT2D eigenvalue weighted by Gasteiger charge is 2.40. The fraction of sp³-hybridized carbons (Fsp3) is 0.238.